The summed E-state index contributed by atoms with van der Waals surface area (Å²) in [6.07, 6.45) is 0.755. The number of aliphatic carboxylic acids is 1. The van der Waals surface area contributed by atoms with E-state index in [9.17, 15) is 14.7 Å². The Morgan fingerprint density at radius 2 is 1.96 bits per heavy atom. The number of aryl methyl sites for hydroxylation is 2. The molecule has 1 aliphatic rings. The average Bonchev–Trinajstić information content (AvgIpc) is 3.14. The standard InChI is InChI=1S/C15H24N4O4/c1-9-16-10(2)19(18-9)8-15(12(20)21,11-6-7-11)17-13(22)23-14(3,4)5/h11H,6-8H2,1-5H3,(H,17,22)(H,20,21). The molecule has 1 aliphatic carbocycles. The number of aromatic nitrogens is 3. The summed E-state index contributed by atoms with van der Waals surface area (Å²) in [7, 11) is 0. The third-order valence-corrected chi connectivity index (χ3v) is 3.74. The van der Waals surface area contributed by atoms with E-state index in [4.69, 9.17) is 4.74 Å². The SMILES string of the molecule is Cc1nc(C)n(CC(NC(=O)OC(C)(C)C)(C(=O)O)C2CC2)n1. The van der Waals surface area contributed by atoms with E-state index in [2.05, 4.69) is 15.4 Å². The van der Waals surface area contributed by atoms with Crippen molar-refractivity contribution >= 4 is 12.1 Å². The van der Waals surface area contributed by atoms with Crippen molar-refractivity contribution in [1.29, 1.82) is 0 Å². The summed E-state index contributed by atoms with van der Waals surface area (Å²) in [6.45, 7) is 8.72. The summed E-state index contributed by atoms with van der Waals surface area (Å²) >= 11 is 0. The van der Waals surface area contributed by atoms with E-state index < -0.39 is 23.2 Å². The van der Waals surface area contributed by atoms with Gasteiger partial charge in [-0.1, -0.05) is 0 Å². The molecule has 2 rings (SSSR count). The van der Waals surface area contributed by atoms with Gasteiger partial charge >= 0.3 is 12.1 Å². The maximum absolute atomic E-state index is 12.1. The Morgan fingerprint density at radius 3 is 2.35 bits per heavy atom. The lowest BCUT2D eigenvalue weighted by Crippen LogP contribution is -2.60. The van der Waals surface area contributed by atoms with Crippen LogP contribution >= 0.6 is 0 Å². The second kappa shape index (κ2) is 5.82. The Bertz CT molecular complexity index is 615. The van der Waals surface area contributed by atoms with E-state index in [0.29, 0.717) is 11.6 Å². The summed E-state index contributed by atoms with van der Waals surface area (Å²) in [5.74, 6) is -0.0514. The highest BCUT2D eigenvalue weighted by molar-refractivity contribution is 5.85. The van der Waals surface area contributed by atoms with Crippen LogP contribution in [0.3, 0.4) is 0 Å². The topological polar surface area (TPSA) is 106 Å². The zero-order valence-electron chi connectivity index (χ0n) is 14.2. The molecule has 2 N–H and O–H groups in total. The highest BCUT2D eigenvalue weighted by atomic mass is 16.6. The van der Waals surface area contributed by atoms with Crippen LogP contribution in [0.5, 0.6) is 0 Å². The fourth-order valence-corrected chi connectivity index (χ4v) is 2.58. The second-order valence-corrected chi connectivity index (χ2v) is 7.04. The Morgan fingerprint density at radius 1 is 1.35 bits per heavy atom. The van der Waals surface area contributed by atoms with Crippen molar-refractivity contribution in [2.24, 2.45) is 5.92 Å². The largest absolute Gasteiger partial charge is 0.479 e. The van der Waals surface area contributed by atoms with E-state index >= 15 is 0 Å². The second-order valence-electron chi connectivity index (χ2n) is 7.04. The third-order valence-electron chi connectivity index (χ3n) is 3.74. The van der Waals surface area contributed by atoms with Gasteiger partial charge in [0.1, 0.15) is 17.2 Å². The molecule has 1 heterocycles. The van der Waals surface area contributed by atoms with Crippen LogP contribution in [0.4, 0.5) is 4.79 Å². The molecule has 23 heavy (non-hydrogen) atoms. The molecule has 128 valence electrons. The van der Waals surface area contributed by atoms with Crippen molar-refractivity contribution in [1.82, 2.24) is 20.1 Å². The van der Waals surface area contributed by atoms with E-state index in [-0.39, 0.29) is 12.5 Å². The predicted octanol–water partition coefficient (Wildman–Crippen LogP) is 1.65. The Kier molecular flexibility index (Phi) is 4.37. The fourth-order valence-electron chi connectivity index (χ4n) is 2.58. The quantitative estimate of drug-likeness (QED) is 0.853. The van der Waals surface area contributed by atoms with Gasteiger partial charge in [0, 0.05) is 0 Å². The first-order valence-electron chi connectivity index (χ1n) is 7.66. The number of carbonyl (C=O) groups excluding carboxylic acids is 1. The van der Waals surface area contributed by atoms with Crippen LogP contribution in [0.2, 0.25) is 0 Å². The van der Waals surface area contributed by atoms with Gasteiger partial charge in [0.2, 0.25) is 0 Å². The molecular weight excluding hydrogens is 300 g/mol. The van der Waals surface area contributed by atoms with Crippen molar-refractivity contribution in [2.75, 3.05) is 0 Å². The van der Waals surface area contributed by atoms with Crippen LogP contribution in [0.1, 0.15) is 45.3 Å². The lowest BCUT2D eigenvalue weighted by atomic mass is 9.93. The van der Waals surface area contributed by atoms with Gasteiger partial charge in [-0.15, -0.1) is 0 Å². The van der Waals surface area contributed by atoms with Crippen molar-refractivity contribution in [3.05, 3.63) is 11.6 Å². The minimum atomic E-state index is -1.44. The number of amides is 1. The highest BCUT2D eigenvalue weighted by Crippen LogP contribution is 2.41. The van der Waals surface area contributed by atoms with Crippen molar-refractivity contribution in [3.8, 4) is 0 Å². The number of hydrogen-bond acceptors (Lipinski definition) is 5. The van der Waals surface area contributed by atoms with Gasteiger partial charge in [-0.25, -0.2) is 19.3 Å². The Labute approximate surface area is 135 Å². The number of nitrogens with zero attached hydrogens (tertiary/aromatic N) is 3. The number of carboxylic acid groups (broad SMARTS) is 1. The van der Waals surface area contributed by atoms with Crippen LogP contribution < -0.4 is 5.32 Å². The molecule has 1 atom stereocenters. The lowest BCUT2D eigenvalue weighted by Gasteiger charge is -2.32. The minimum absolute atomic E-state index is 0.0267. The predicted molar refractivity (Wildman–Crippen MR) is 82.0 cm³/mol. The normalized spacial score (nSPS) is 17.4. The minimum Gasteiger partial charge on any atom is -0.479 e. The first kappa shape index (κ1) is 17.2. The summed E-state index contributed by atoms with van der Waals surface area (Å²) in [5, 5.41) is 16.6. The molecule has 1 aromatic rings. The molecule has 1 saturated carbocycles. The Balaban J connectivity index is 2.27. The molecule has 0 spiro atoms. The van der Waals surface area contributed by atoms with Crippen LogP contribution in [-0.2, 0) is 16.1 Å². The summed E-state index contributed by atoms with van der Waals surface area (Å²) in [5.41, 5.74) is -2.13. The maximum Gasteiger partial charge on any atom is 0.408 e. The van der Waals surface area contributed by atoms with Gasteiger partial charge in [0.05, 0.1) is 6.54 Å². The van der Waals surface area contributed by atoms with E-state index in [1.165, 1.54) is 4.68 Å². The molecule has 8 heteroatoms. The van der Waals surface area contributed by atoms with Crippen LogP contribution in [0.25, 0.3) is 0 Å². The Hall–Kier alpha value is -2.12. The highest BCUT2D eigenvalue weighted by Gasteiger charge is 2.53. The molecule has 8 nitrogen and oxygen atoms in total. The van der Waals surface area contributed by atoms with Crippen LogP contribution in [0.15, 0.2) is 0 Å². The van der Waals surface area contributed by atoms with Gasteiger partial charge in [-0.2, -0.15) is 5.10 Å². The number of nitrogens with one attached hydrogen (secondary N) is 1. The smallest absolute Gasteiger partial charge is 0.408 e. The summed E-state index contributed by atoms with van der Waals surface area (Å²) in [6, 6.07) is 0. The van der Waals surface area contributed by atoms with Gasteiger partial charge in [0.15, 0.2) is 5.54 Å². The lowest BCUT2D eigenvalue weighted by molar-refractivity contribution is -0.146. The number of rotatable bonds is 5. The molecule has 1 unspecified atom stereocenters. The van der Waals surface area contributed by atoms with Crippen LogP contribution in [-0.4, -0.2) is 43.1 Å². The van der Waals surface area contributed by atoms with Crippen molar-refractivity contribution in [2.45, 2.75) is 65.1 Å². The third kappa shape index (κ3) is 4.00. The van der Waals surface area contributed by atoms with Gasteiger partial charge in [0.25, 0.3) is 0 Å². The molecule has 0 aromatic carbocycles. The summed E-state index contributed by atoms with van der Waals surface area (Å²) in [4.78, 5) is 28.3. The number of carboxylic acids is 1. The molecule has 0 aliphatic heterocycles. The molecule has 1 fully saturated rings. The summed E-state index contributed by atoms with van der Waals surface area (Å²) < 4.78 is 6.76. The maximum atomic E-state index is 12.1. The first-order valence-corrected chi connectivity index (χ1v) is 7.66. The van der Waals surface area contributed by atoms with Crippen molar-refractivity contribution < 1.29 is 19.4 Å². The average molecular weight is 324 g/mol. The van der Waals surface area contributed by atoms with E-state index in [1.54, 1.807) is 34.6 Å². The number of ether oxygens (including phenoxy) is 1. The zero-order valence-corrected chi connectivity index (χ0v) is 14.2. The number of carbonyl (C=O) groups is 2. The fraction of sp³-hybridized carbons (Fsp3) is 0.733. The molecule has 0 radical (unpaired) electrons. The van der Waals surface area contributed by atoms with E-state index in [1.807, 2.05) is 0 Å². The van der Waals surface area contributed by atoms with Crippen molar-refractivity contribution in [3.63, 3.8) is 0 Å². The molecule has 0 saturated heterocycles. The van der Waals surface area contributed by atoms with Gasteiger partial charge < -0.3 is 15.2 Å². The molecule has 1 aromatic heterocycles. The van der Waals surface area contributed by atoms with E-state index in [0.717, 1.165) is 12.8 Å². The number of alkyl carbamates (subject to hydrolysis) is 1. The first-order chi connectivity index (χ1) is 10.5. The number of hydrogen-bond donors (Lipinski definition) is 2. The molecular formula is C15H24N4O4. The molecule has 1 amide bonds. The van der Waals surface area contributed by atoms with Gasteiger partial charge in [-0.05, 0) is 53.4 Å². The zero-order chi connectivity index (χ0) is 17.4. The monoisotopic (exact) mass is 324 g/mol. The van der Waals surface area contributed by atoms with Crippen LogP contribution in [0, 0.1) is 19.8 Å². The van der Waals surface area contributed by atoms with Gasteiger partial charge in [-0.3, -0.25) is 0 Å². The molecule has 0 bridgehead atoms.